The van der Waals surface area contributed by atoms with Crippen molar-refractivity contribution in [2.75, 3.05) is 24.6 Å². The first-order valence-corrected chi connectivity index (χ1v) is 9.09. The second-order valence-electron chi connectivity index (χ2n) is 6.59. The fourth-order valence-electron chi connectivity index (χ4n) is 3.34. The van der Waals surface area contributed by atoms with E-state index in [0.29, 0.717) is 49.0 Å². The van der Waals surface area contributed by atoms with Crippen LogP contribution in [0.1, 0.15) is 18.1 Å². The second kappa shape index (κ2) is 7.85. The van der Waals surface area contributed by atoms with E-state index < -0.39 is 0 Å². The van der Waals surface area contributed by atoms with E-state index in [4.69, 9.17) is 4.74 Å². The minimum Gasteiger partial charge on any atom is -0.372 e. The summed E-state index contributed by atoms with van der Waals surface area (Å²) < 4.78 is 21.5. The fraction of sp³-hybridized carbons (Fsp3) is 0.300. The van der Waals surface area contributed by atoms with Crippen LogP contribution < -0.4 is 10.5 Å². The monoisotopic (exact) mass is 381 g/mol. The summed E-state index contributed by atoms with van der Waals surface area (Å²) in [6.45, 7) is 1.55. The Bertz CT molecular complexity index is 1020. The fourth-order valence-corrected chi connectivity index (χ4v) is 3.34. The number of rotatable bonds is 3. The van der Waals surface area contributed by atoms with E-state index in [1.807, 2.05) is 4.90 Å². The molecule has 1 saturated heterocycles. The van der Waals surface area contributed by atoms with Gasteiger partial charge in [-0.25, -0.2) is 19.3 Å². The third kappa shape index (κ3) is 3.63. The van der Waals surface area contributed by atoms with Crippen LogP contribution in [0.5, 0.6) is 0 Å². The molecule has 1 unspecified atom stereocenters. The Morgan fingerprint density at radius 3 is 2.82 bits per heavy atom. The average molecular weight is 381 g/mol. The maximum absolute atomic E-state index is 14.1. The maximum atomic E-state index is 14.1. The van der Waals surface area contributed by atoms with Gasteiger partial charge in [0, 0.05) is 38.0 Å². The van der Waals surface area contributed by atoms with Gasteiger partial charge in [0.15, 0.2) is 0 Å². The molecular weight excluding hydrogens is 361 g/mol. The quantitative estimate of drug-likeness (QED) is 0.693. The Balaban J connectivity index is 1.62. The molecule has 1 atom stereocenters. The highest BCUT2D eigenvalue weighted by atomic mass is 19.1. The predicted octanol–water partition coefficient (Wildman–Crippen LogP) is 2.34. The molecule has 0 saturated carbocycles. The van der Waals surface area contributed by atoms with E-state index in [1.165, 1.54) is 23.0 Å². The molecule has 28 heavy (non-hydrogen) atoms. The molecule has 2 aromatic heterocycles. The van der Waals surface area contributed by atoms with Crippen molar-refractivity contribution in [3.05, 3.63) is 70.7 Å². The number of nitrogens with zero attached hydrogens (tertiary/aromatic N) is 5. The summed E-state index contributed by atoms with van der Waals surface area (Å²) in [5.41, 5.74) is 1.47. The topological polar surface area (TPSA) is 73.1 Å². The third-order valence-corrected chi connectivity index (χ3v) is 4.83. The molecule has 0 aliphatic carbocycles. The van der Waals surface area contributed by atoms with Crippen LogP contribution in [-0.2, 0) is 11.8 Å². The Labute approximate surface area is 161 Å². The lowest BCUT2D eigenvalue weighted by molar-refractivity contribution is 0.0621. The first-order chi connectivity index (χ1) is 13.6. The maximum Gasteiger partial charge on any atom is 0.255 e. The summed E-state index contributed by atoms with van der Waals surface area (Å²) in [5, 5.41) is 0. The van der Waals surface area contributed by atoms with E-state index >= 15 is 0 Å². The molecule has 144 valence electrons. The molecule has 0 N–H and O–H groups in total. The first-order valence-electron chi connectivity index (χ1n) is 9.09. The highest BCUT2D eigenvalue weighted by molar-refractivity contribution is 5.55. The molecule has 1 aliphatic heterocycles. The van der Waals surface area contributed by atoms with Gasteiger partial charge in [0.2, 0.25) is 5.95 Å². The van der Waals surface area contributed by atoms with Crippen molar-refractivity contribution in [3.63, 3.8) is 0 Å². The largest absolute Gasteiger partial charge is 0.372 e. The molecule has 4 rings (SSSR count). The van der Waals surface area contributed by atoms with E-state index in [2.05, 4.69) is 15.0 Å². The molecule has 0 radical (unpaired) electrons. The van der Waals surface area contributed by atoms with Crippen LogP contribution >= 0.6 is 0 Å². The van der Waals surface area contributed by atoms with Crippen LogP contribution in [0.15, 0.2) is 53.7 Å². The van der Waals surface area contributed by atoms with Gasteiger partial charge in [-0.2, -0.15) is 0 Å². The predicted molar refractivity (Wildman–Crippen MR) is 102 cm³/mol. The van der Waals surface area contributed by atoms with Gasteiger partial charge in [0.25, 0.3) is 5.56 Å². The lowest BCUT2D eigenvalue weighted by Gasteiger charge is -2.23. The minimum atomic E-state index is -0.326. The van der Waals surface area contributed by atoms with Crippen LogP contribution in [0.3, 0.4) is 0 Å². The summed E-state index contributed by atoms with van der Waals surface area (Å²) >= 11 is 0. The van der Waals surface area contributed by atoms with E-state index in [1.54, 1.807) is 37.5 Å². The van der Waals surface area contributed by atoms with E-state index in [0.717, 1.165) is 0 Å². The van der Waals surface area contributed by atoms with E-state index in [-0.39, 0.29) is 17.5 Å². The molecule has 0 amide bonds. The number of hydrogen-bond acceptors (Lipinski definition) is 6. The van der Waals surface area contributed by atoms with Gasteiger partial charge in [-0.15, -0.1) is 0 Å². The molecule has 0 spiro atoms. The summed E-state index contributed by atoms with van der Waals surface area (Å²) in [6.07, 6.45) is 3.30. The van der Waals surface area contributed by atoms with Crippen molar-refractivity contribution in [2.45, 2.75) is 12.5 Å². The van der Waals surface area contributed by atoms with Crippen molar-refractivity contribution in [3.8, 4) is 11.4 Å². The summed E-state index contributed by atoms with van der Waals surface area (Å²) in [4.78, 5) is 27.2. The van der Waals surface area contributed by atoms with Crippen molar-refractivity contribution < 1.29 is 9.13 Å². The van der Waals surface area contributed by atoms with Crippen molar-refractivity contribution in [2.24, 2.45) is 7.05 Å². The molecular formula is C20H20FN5O2. The Morgan fingerprint density at radius 2 is 2.04 bits per heavy atom. The van der Waals surface area contributed by atoms with Gasteiger partial charge >= 0.3 is 0 Å². The Hall–Kier alpha value is -3.13. The number of anilines is 1. The number of ether oxygens (including phenoxy) is 1. The first kappa shape index (κ1) is 18.2. The van der Waals surface area contributed by atoms with Crippen molar-refractivity contribution in [1.82, 2.24) is 19.5 Å². The van der Waals surface area contributed by atoms with Gasteiger partial charge in [0.05, 0.1) is 24.1 Å². The molecule has 1 fully saturated rings. The second-order valence-corrected chi connectivity index (χ2v) is 6.59. The Kier molecular flexibility index (Phi) is 5.12. The van der Waals surface area contributed by atoms with Gasteiger partial charge in [-0.05, 0) is 18.6 Å². The number of benzene rings is 1. The highest BCUT2D eigenvalue weighted by Crippen LogP contribution is 2.27. The summed E-state index contributed by atoms with van der Waals surface area (Å²) in [5.74, 6) is 0.274. The zero-order chi connectivity index (χ0) is 19.5. The molecule has 1 aromatic carbocycles. The minimum absolute atomic E-state index is 0.172. The van der Waals surface area contributed by atoms with Crippen LogP contribution in [0.25, 0.3) is 11.4 Å². The van der Waals surface area contributed by atoms with Gasteiger partial charge in [-0.3, -0.25) is 9.36 Å². The van der Waals surface area contributed by atoms with Gasteiger partial charge in [0.1, 0.15) is 12.1 Å². The highest BCUT2D eigenvalue weighted by Gasteiger charge is 2.23. The Morgan fingerprint density at radius 1 is 1.18 bits per heavy atom. The SMILES string of the molecule is Cn1c(N2CCOC(c3ccccc3F)CC2)nc(-c2ccncn2)cc1=O. The molecule has 7 nitrogen and oxygen atoms in total. The van der Waals surface area contributed by atoms with E-state index in [9.17, 15) is 9.18 Å². The van der Waals surface area contributed by atoms with Crippen LogP contribution in [-0.4, -0.2) is 39.2 Å². The smallest absolute Gasteiger partial charge is 0.255 e. The molecule has 0 bridgehead atoms. The summed E-state index contributed by atoms with van der Waals surface area (Å²) in [7, 11) is 1.69. The number of hydrogen-bond donors (Lipinski definition) is 0. The zero-order valence-corrected chi connectivity index (χ0v) is 15.5. The molecule has 1 aliphatic rings. The zero-order valence-electron chi connectivity index (χ0n) is 15.5. The number of aromatic nitrogens is 4. The normalized spacial score (nSPS) is 17.4. The lowest BCUT2D eigenvalue weighted by Crippen LogP contribution is -2.33. The average Bonchev–Trinajstić information content (AvgIpc) is 2.97. The van der Waals surface area contributed by atoms with Gasteiger partial charge in [-0.1, -0.05) is 18.2 Å². The standard InChI is InChI=1S/C20H20FN5O2/c1-25-19(27)12-17(16-6-8-22-13-23-16)24-20(25)26-9-7-18(28-11-10-26)14-4-2-3-5-15(14)21/h2-6,8,12-13,18H,7,9-11H2,1H3. The molecule has 8 heteroatoms. The molecule has 3 aromatic rings. The number of halogens is 1. The summed E-state index contributed by atoms with van der Waals surface area (Å²) in [6, 6.07) is 9.84. The van der Waals surface area contributed by atoms with Crippen molar-refractivity contribution in [1.29, 1.82) is 0 Å². The molecule has 3 heterocycles. The van der Waals surface area contributed by atoms with Crippen molar-refractivity contribution >= 4 is 5.95 Å². The lowest BCUT2D eigenvalue weighted by atomic mass is 10.1. The van der Waals surface area contributed by atoms with Crippen LogP contribution in [0.2, 0.25) is 0 Å². The van der Waals surface area contributed by atoms with Crippen LogP contribution in [0, 0.1) is 5.82 Å². The third-order valence-electron chi connectivity index (χ3n) is 4.83. The van der Waals surface area contributed by atoms with Crippen LogP contribution in [0.4, 0.5) is 10.3 Å². The van der Waals surface area contributed by atoms with Gasteiger partial charge < -0.3 is 9.64 Å².